The second-order valence-electron chi connectivity index (χ2n) is 1.69. The van der Waals surface area contributed by atoms with Crippen molar-refractivity contribution < 1.29 is 0 Å². The summed E-state index contributed by atoms with van der Waals surface area (Å²) in [5, 5.41) is 0.470. The quantitative estimate of drug-likeness (QED) is 0.627. The molecule has 5 heteroatoms. The van der Waals surface area contributed by atoms with Gasteiger partial charge in [-0.25, -0.2) is 4.99 Å². The number of allylic oxidation sites excluding steroid dienone is 1. The van der Waals surface area contributed by atoms with Crippen LogP contribution in [-0.4, -0.2) is 4.37 Å². The third-order valence-electron chi connectivity index (χ3n) is 0.702. The van der Waals surface area contributed by atoms with Crippen LogP contribution in [0.2, 0.25) is 5.15 Å². The van der Waals surface area contributed by atoms with E-state index in [0.29, 0.717) is 5.15 Å². The molecule has 0 unspecified atom stereocenters. The predicted octanol–water partition coefficient (Wildman–Crippen LogP) is 2.29. The fraction of sp³-hybridized carbons (Fsp3) is 0.200. The number of nitrogens with zero attached hydrogens (tertiary/aromatic N) is 2. The maximum atomic E-state index is 5.66. The van der Waals surface area contributed by atoms with Gasteiger partial charge in [-0.1, -0.05) is 18.2 Å². The average Bonchev–Trinajstić information content (AvgIpc) is 2.15. The zero-order valence-corrected chi connectivity index (χ0v) is 7.68. The van der Waals surface area contributed by atoms with Crippen molar-refractivity contribution in [3.05, 3.63) is 22.1 Å². The largest absolute Gasteiger partial charge is 0.239 e. The zero-order chi connectivity index (χ0) is 7.56. The van der Waals surface area contributed by atoms with E-state index in [2.05, 4.69) is 15.9 Å². The van der Waals surface area contributed by atoms with Gasteiger partial charge in [-0.15, -0.1) is 0 Å². The molecule has 1 rings (SSSR count). The first-order valence-electron chi connectivity index (χ1n) is 2.52. The van der Waals surface area contributed by atoms with E-state index < -0.39 is 0 Å². The van der Waals surface area contributed by atoms with E-state index in [0.717, 1.165) is 10.4 Å². The molecule has 0 amide bonds. The summed E-state index contributed by atoms with van der Waals surface area (Å²) in [6.45, 7) is 5.45. The van der Waals surface area contributed by atoms with Gasteiger partial charge in [0.15, 0.2) is 9.82 Å². The molecule has 0 bridgehead atoms. The molecule has 10 heavy (non-hydrogen) atoms. The lowest BCUT2D eigenvalue weighted by molar-refractivity contribution is 1.24. The first-order chi connectivity index (χ1) is 4.70. The van der Waals surface area contributed by atoms with Gasteiger partial charge in [-0.3, -0.25) is 0 Å². The van der Waals surface area contributed by atoms with Gasteiger partial charge in [-0.2, -0.15) is 4.37 Å². The average molecular weight is 193 g/mol. The third-order valence-corrected chi connectivity index (χ3v) is 2.87. The molecule has 1 aromatic rings. The van der Waals surface area contributed by atoms with Crippen LogP contribution in [0.25, 0.3) is 0 Å². The molecule has 0 aliphatic rings. The summed E-state index contributed by atoms with van der Waals surface area (Å²) in [6.07, 6.45) is 0. The molecule has 2 nitrogen and oxygen atoms in total. The number of rotatable bonds is 1. The summed E-state index contributed by atoms with van der Waals surface area (Å²) in [6, 6.07) is 0. The Labute approximate surface area is 71.1 Å². The summed E-state index contributed by atoms with van der Waals surface area (Å²) in [5.41, 5.74) is 0.748. The first-order valence-corrected chi connectivity index (χ1v) is 5.00. The van der Waals surface area contributed by atoms with Gasteiger partial charge in [0.25, 0.3) is 0 Å². The van der Waals surface area contributed by atoms with E-state index in [1.54, 1.807) is 0 Å². The maximum Gasteiger partial charge on any atom is 0.179 e. The molecule has 54 valence electrons. The van der Waals surface area contributed by atoms with Gasteiger partial charge in [0.05, 0.1) is 0 Å². The fourth-order valence-electron chi connectivity index (χ4n) is 0.398. The molecular weight excluding hydrogens is 188 g/mol. The van der Waals surface area contributed by atoms with E-state index in [4.69, 9.17) is 11.6 Å². The van der Waals surface area contributed by atoms with Crippen LogP contribution >= 0.6 is 32.5 Å². The van der Waals surface area contributed by atoms with Crippen molar-refractivity contribution in [2.75, 3.05) is 0 Å². The van der Waals surface area contributed by atoms with Gasteiger partial charge < -0.3 is 0 Å². The molecule has 1 heterocycles. The van der Waals surface area contributed by atoms with Crippen LogP contribution in [0.1, 0.15) is 6.92 Å². The Morgan fingerprint density at radius 3 is 2.90 bits per heavy atom. The minimum absolute atomic E-state index is 0.470. The van der Waals surface area contributed by atoms with Gasteiger partial charge in [0, 0.05) is 16.2 Å². The Bertz CT molecular complexity index is 299. The number of hydrogen-bond acceptors (Lipinski definition) is 4. The predicted molar refractivity (Wildman–Crippen MR) is 45.4 cm³/mol. The van der Waals surface area contributed by atoms with E-state index in [-0.39, 0.29) is 0 Å². The Morgan fingerprint density at radius 2 is 2.50 bits per heavy atom. The van der Waals surface area contributed by atoms with Crippen molar-refractivity contribution in [2.45, 2.75) is 6.92 Å². The minimum atomic E-state index is 0.470. The van der Waals surface area contributed by atoms with Crippen LogP contribution in [0.15, 0.2) is 17.3 Å². The van der Waals surface area contributed by atoms with Gasteiger partial charge in [0.1, 0.15) is 0 Å². The number of halogens is 1. The molecule has 0 aliphatic carbocycles. The maximum absolute atomic E-state index is 5.66. The highest BCUT2D eigenvalue weighted by Crippen LogP contribution is 2.05. The molecule has 0 aromatic carbocycles. The lowest BCUT2D eigenvalue weighted by Gasteiger charge is -1.80. The van der Waals surface area contributed by atoms with Crippen LogP contribution in [0.4, 0.5) is 0 Å². The molecule has 0 atom stereocenters. The highest BCUT2D eigenvalue weighted by molar-refractivity contribution is 7.66. The minimum Gasteiger partial charge on any atom is -0.239 e. The van der Waals surface area contributed by atoms with Gasteiger partial charge in [0.2, 0.25) is 0 Å². The lowest BCUT2D eigenvalue weighted by atomic mass is 10.6. The van der Waals surface area contributed by atoms with Crippen molar-refractivity contribution >= 4 is 32.5 Å². The highest BCUT2D eigenvalue weighted by Gasteiger charge is 1.94. The second kappa shape index (κ2) is 3.27. The Morgan fingerprint density at radius 1 is 1.80 bits per heavy atom. The second-order valence-corrected chi connectivity index (χ2v) is 3.88. The van der Waals surface area contributed by atoms with Crippen LogP contribution in [0.3, 0.4) is 0 Å². The van der Waals surface area contributed by atoms with Crippen molar-refractivity contribution in [3.63, 3.8) is 0 Å². The topological polar surface area (TPSA) is 25.2 Å². The summed E-state index contributed by atoms with van der Waals surface area (Å²) in [5.74, 6) is 0. The van der Waals surface area contributed by atoms with Crippen molar-refractivity contribution in [1.29, 1.82) is 0 Å². The molecule has 1 aromatic heterocycles. The summed E-state index contributed by atoms with van der Waals surface area (Å²) < 4.78 is 4.61. The Hall–Kier alpha value is -0.190. The summed E-state index contributed by atoms with van der Waals surface area (Å²) in [4.78, 5) is 4.06. The standard InChI is InChI=1S/C5H5ClN2S2/c1-3(2)7-5-4(6)8-10-9-5/h1H2,2H3/b7-5+. The molecule has 0 spiro atoms. The number of hydrogen-bond donors (Lipinski definition) is 0. The Kier molecular flexibility index (Phi) is 2.59. The molecule has 0 saturated heterocycles. The lowest BCUT2D eigenvalue weighted by Crippen LogP contribution is -1.93. The van der Waals surface area contributed by atoms with Gasteiger partial charge in [-0.05, 0) is 17.3 Å². The van der Waals surface area contributed by atoms with E-state index in [9.17, 15) is 0 Å². The summed E-state index contributed by atoms with van der Waals surface area (Å²) in [7, 11) is 2.78. The third kappa shape index (κ3) is 1.90. The molecule has 0 N–H and O–H groups in total. The summed E-state index contributed by atoms with van der Waals surface area (Å²) >= 11 is 5.66. The SMILES string of the molecule is C=C(C)/N=c1/ssnc1Cl. The van der Waals surface area contributed by atoms with E-state index in [1.165, 1.54) is 20.9 Å². The first kappa shape index (κ1) is 7.91. The molecule has 0 aliphatic heterocycles. The van der Waals surface area contributed by atoms with E-state index in [1.807, 2.05) is 6.92 Å². The van der Waals surface area contributed by atoms with Crippen molar-refractivity contribution in [3.8, 4) is 0 Å². The van der Waals surface area contributed by atoms with Crippen molar-refractivity contribution in [1.82, 2.24) is 4.37 Å². The molecule has 0 radical (unpaired) electrons. The normalized spacial score (nSPS) is 12.0. The Balaban J connectivity index is 3.15. The zero-order valence-electron chi connectivity index (χ0n) is 5.30. The van der Waals surface area contributed by atoms with E-state index >= 15 is 0 Å². The van der Waals surface area contributed by atoms with Crippen molar-refractivity contribution in [2.24, 2.45) is 4.99 Å². The number of aromatic nitrogens is 1. The highest BCUT2D eigenvalue weighted by atomic mass is 35.5. The van der Waals surface area contributed by atoms with Gasteiger partial charge >= 0.3 is 0 Å². The monoisotopic (exact) mass is 192 g/mol. The van der Waals surface area contributed by atoms with Crippen LogP contribution in [0.5, 0.6) is 0 Å². The molecular formula is C5H5ClN2S2. The molecule has 0 saturated carbocycles. The van der Waals surface area contributed by atoms with Crippen LogP contribution in [-0.2, 0) is 0 Å². The fourth-order valence-corrected chi connectivity index (χ4v) is 2.44. The van der Waals surface area contributed by atoms with Crippen LogP contribution in [0, 0.1) is 0 Å². The molecule has 0 fully saturated rings. The smallest absolute Gasteiger partial charge is 0.179 e. The van der Waals surface area contributed by atoms with Crippen LogP contribution < -0.4 is 4.67 Å².